The molecule has 0 aliphatic heterocycles. The van der Waals surface area contributed by atoms with Gasteiger partial charge in [0.2, 0.25) is 0 Å². The van der Waals surface area contributed by atoms with Crippen LogP contribution in [0.3, 0.4) is 0 Å². The van der Waals surface area contributed by atoms with Crippen LogP contribution < -0.4 is 0 Å². The molecule has 0 aliphatic rings. The molecule has 5 rings (SSSR count). The summed E-state index contributed by atoms with van der Waals surface area (Å²) < 4.78 is 46.8. The van der Waals surface area contributed by atoms with Gasteiger partial charge in [-0.25, -0.2) is 18.0 Å². The minimum absolute atomic E-state index is 0.199. The van der Waals surface area contributed by atoms with Crippen LogP contribution in [-0.4, -0.2) is 5.97 Å². The van der Waals surface area contributed by atoms with Gasteiger partial charge < -0.3 is 4.74 Å². The summed E-state index contributed by atoms with van der Waals surface area (Å²) in [6, 6.07) is 33.0. The normalized spacial score (nSPS) is 11.6. The highest BCUT2D eigenvalue weighted by molar-refractivity contribution is 5.90. The van der Waals surface area contributed by atoms with Gasteiger partial charge >= 0.3 is 5.97 Å². The van der Waals surface area contributed by atoms with Crippen molar-refractivity contribution in [2.75, 3.05) is 0 Å². The molecule has 5 heteroatoms. The smallest absolute Gasteiger partial charge is 0.339 e. The van der Waals surface area contributed by atoms with Crippen molar-refractivity contribution >= 4 is 12.0 Å². The summed E-state index contributed by atoms with van der Waals surface area (Å²) in [5.41, 5.74) is 5.52. The number of hydrogen-bond donors (Lipinski definition) is 0. The molecule has 0 saturated carbocycles. The van der Waals surface area contributed by atoms with E-state index in [1.54, 1.807) is 42.5 Å². The number of rotatable bonds is 7. The van der Waals surface area contributed by atoms with Crippen molar-refractivity contribution in [3.8, 4) is 22.3 Å². The number of carbonyl (C=O) groups excluding carboxylic acids is 1. The van der Waals surface area contributed by atoms with Crippen molar-refractivity contribution in [2.24, 2.45) is 0 Å². The number of benzene rings is 5. The van der Waals surface area contributed by atoms with Gasteiger partial charge in [-0.05, 0) is 63.2 Å². The zero-order valence-corrected chi connectivity index (χ0v) is 20.8. The van der Waals surface area contributed by atoms with E-state index >= 15 is 0 Å². The van der Waals surface area contributed by atoms with Crippen molar-refractivity contribution in [1.29, 1.82) is 0 Å². The molecule has 0 saturated heterocycles. The van der Waals surface area contributed by atoms with Crippen LogP contribution in [0.2, 0.25) is 0 Å². The quantitative estimate of drug-likeness (QED) is 0.158. The number of carbonyl (C=O) groups is 1. The second-order valence-corrected chi connectivity index (χ2v) is 8.98. The second kappa shape index (κ2) is 11.2. The van der Waals surface area contributed by atoms with Gasteiger partial charge in [-0.2, -0.15) is 0 Å². The predicted molar refractivity (Wildman–Crippen MR) is 147 cm³/mol. The summed E-state index contributed by atoms with van der Waals surface area (Å²) in [6.07, 6.45) is 1.06. The molecule has 0 bridgehead atoms. The van der Waals surface area contributed by atoms with Crippen molar-refractivity contribution < 1.29 is 22.7 Å². The van der Waals surface area contributed by atoms with E-state index in [2.05, 4.69) is 6.58 Å². The van der Waals surface area contributed by atoms with Gasteiger partial charge in [-0.1, -0.05) is 104 Å². The third kappa shape index (κ3) is 5.68. The lowest BCUT2D eigenvalue weighted by Crippen LogP contribution is -2.13. The van der Waals surface area contributed by atoms with E-state index in [9.17, 15) is 18.0 Å². The molecule has 0 radical (unpaired) electrons. The third-order valence-corrected chi connectivity index (χ3v) is 6.46. The molecule has 1 atom stereocenters. The summed E-state index contributed by atoms with van der Waals surface area (Å²) in [4.78, 5) is 13.2. The van der Waals surface area contributed by atoms with Crippen LogP contribution in [0.4, 0.5) is 13.2 Å². The van der Waals surface area contributed by atoms with Crippen LogP contribution in [0, 0.1) is 17.5 Å². The minimum Gasteiger partial charge on any atom is -0.449 e. The van der Waals surface area contributed by atoms with Gasteiger partial charge in [0.1, 0.15) is 0 Å². The molecular formula is C34H23F3O2. The first-order chi connectivity index (χ1) is 18.9. The van der Waals surface area contributed by atoms with E-state index in [1.165, 1.54) is 0 Å². The van der Waals surface area contributed by atoms with Crippen LogP contribution in [-0.2, 0) is 4.74 Å². The van der Waals surface area contributed by atoms with Crippen molar-refractivity contribution in [3.63, 3.8) is 0 Å². The number of ether oxygens (including phenoxy) is 1. The van der Waals surface area contributed by atoms with Crippen LogP contribution >= 0.6 is 0 Å². The van der Waals surface area contributed by atoms with E-state index in [1.807, 2.05) is 66.7 Å². The lowest BCUT2D eigenvalue weighted by molar-refractivity contribution is 0.0378. The first-order valence-electron chi connectivity index (χ1n) is 12.3. The number of halogens is 3. The Labute approximate surface area is 224 Å². The average molecular weight is 521 g/mol. The van der Waals surface area contributed by atoms with Gasteiger partial charge in [-0.15, -0.1) is 0 Å². The topological polar surface area (TPSA) is 26.3 Å². The van der Waals surface area contributed by atoms with Gasteiger partial charge in [-0.3, -0.25) is 0 Å². The Balaban J connectivity index is 1.39. The Morgan fingerprint density at radius 2 is 1.13 bits per heavy atom. The molecule has 0 spiro atoms. The number of esters is 1. The summed E-state index contributed by atoms with van der Waals surface area (Å²) in [5, 5.41) is 0. The van der Waals surface area contributed by atoms with Crippen molar-refractivity contribution in [1.82, 2.24) is 0 Å². The maximum absolute atomic E-state index is 13.7. The highest BCUT2D eigenvalue weighted by Crippen LogP contribution is 2.31. The maximum Gasteiger partial charge on any atom is 0.339 e. The molecule has 0 fully saturated rings. The molecule has 0 aliphatic carbocycles. The van der Waals surface area contributed by atoms with Crippen LogP contribution in [0.25, 0.3) is 28.3 Å². The molecule has 39 heavy (non-hydrogen) atoms. The maximum atomic E-state index is 13.7. The van der Waals surface area contributed by atoms with Gasteiger partial charge in [0.15, 0.2) is 23.6 Å². The monoisotopic (exact) mass is 520 g/mol. The average Bonchev–Trinajstić information content (AvgIpc) is 2.99. The summed E-state index contributed by atoms with van der Waals surface area (Å²) in [7, 11) is 0. The SMILES string of the molecule is C=Cc1ccc(-c2ccc(C(=O)OC(c3ccccc3)c3ccc(-c4cc(F)c(F)c(F)c4)cc3)cc2)cc1. The largest absolute Gasteiger partial charge is 0.449 e. The highest BCUT2D eigenvalue weighted by Gasteiger charge is 2.21. The Kier molecular flexibility index (Phi) is 7.41. The highest BCUT2D eigenvalue weighted by atomic mass is 19.2. The Morgan fingerprint density at radius 1 is 0.641 bits per heavy atom. The Hall–Kier alpha value is -4.90. The van der Waals surface area contributed by atoms with E-state index in [0.29, 0.717) is 16.7 Å². The first-order valence-corrected chi connectivity index (χ1v) is 12.3. The molecule has 192 valence electrons. The Morgan fingerprint density at radius 3 is 1.69 bits per heavy atom. The van der Waals surface area contributed by atoms with Gasteiger partial charge in [0.05, 0.1) is 5.56 Å². The fourth-order valence-electron chi connectivity index (χ4n) is 4.31. The van der Waals surface area contributed by atoms with Crippen molar-refractivity contribution in [3.05, 3.63) is 162 Å². The van der Waals surface area contributed by atoms with Gasteiger partial charge in [0, 0.05) is 0 Å². The van der Waals surface area contributed by atoms with E-state index in [0.717, 1.165) is 34.4 Å². The molecule has 1 unspecified atom stereocenters. The lowest BCUT2D eigenvalue weighted by atomic mass is 9.97. The molecular weight excluding hydrogens is 497 g/mol. The number of hydrogen-bond acceptors (Lipinski definition) is 2. The zero-order chi connectivity index (χ0) is 27.4. The van der Waals surface area contributed by atoms with E-state index < -0.39 is 29.5 Å². The molecule has 0 N–H and O–H groups in total. The second-order valence-electron chi connectivity index (χ2n) is 8.98. The predicted octanol–water partition coefficient (Wildman–Crippen LogP) is 9.03. The van der Waals surface area contributed by atoms with E-state index in [-0.39, 0.29) is 5.56 Å². The summed E-state index contributed by atoms with van der Waals surface area (Å²) >= 11 is 0. The fraction of sp³-hybridized carbons (Fsp3) is 0.0294. The molecule has 0 aromatic heterocycles. The minimum atomic E-state index is -1.51. The van der Waals surface area contributed by atoms with E-state index in [4.69, 9.17) is 4.74 Å². The molecule has 0 amide bonds. The Bertz CT molecular complexity index is 1590. The summed E-state index contributed by atoms with van der Waals surface area (Å²) in [6.45, 7) is 3.77. The van der Waals surface area contributed by atoms with Gasteiger partial charge in [0.25, 0.3) is 0 Å². The molecule has 2 nitrogen and oxygen atoms in total. The summed E-state index contributed by atoms with van der Waals surface area (Å²) in [5.74, 6) is -4.52. The first kappa shape index (κ1) is 25.7. The standard InChI is InChI=1S/C34H23F3O2/c1-2-22-8-10-23(11-9-22)24-14-18-28(19-15-24)34(38)39-33(26-6-4-3-5-7-26)27-16-12-25(13-17-27)29-20-30(35)32(37)31(36)21-29/h2-21,33H,1H2. The molecule has 5 aromatic rings. The molecule has 5 aromatic carbocycles. The van der Waals surface area contributed by atoms with Crippen LogP contribution in [0.5, 0.6) is 0 Å². The van der Waals surface area contributed by atoms with Crippen LogP contribution in [0.1, 0.15) is 33.2 Å². The zero-order valence-electron chi connectivity index (χ0n) is 20.8. The fourth-order valence-corrected chi connectivity index (χ4v) is 4.31. The third-order valence-electron chi connectivity index (χ3n) is 6.46. The van der Waals surface area contributed by atoms with Crippen molar-refractivity contribution in [2.45, 2.75) is 6.10 Å². The lowest BCUT2D eigenvalue weighted by Gasteiger charge is -2.19. The van der Waals surface area contributed by atoms with Crippen LogP contribution in [0.15, 0.2) is 122 Å². The molecule has 0 heterocycles.